The first-order valence-electron chi connectivity index (χ1n) is 13.2. The summed E-state index contributed by atoms with van der Waals surface area (Å²) in [6.45, 7) is 0. The molecule has 9 rings (SSSR count). The van der Waals surface area contributed by atoms with Crippen LogP contribution < -0.4 is 5.32 Å². The van der Waals surface area contributed by atoms with Gasteiger partial charge in [0, 0.05) is 33.9 Å². The van der Waals surface area contributed by atoms with Gasteiger partial charge in [-0.05, 0) is 82.1 Å². The first-order chi connectivity index (χ1) is 19.3. The van der Waals surface area contributed by atoms with Crippen LogP contribution in [0.5, 0.6) is 0 Å². The Balaban J connectivity index is 1.12. The summed E-state index contributed by atoms with van der Waals surface area (Å²) in [5.74, 6) is 0. The van der Waals surface area contributed by atoms with Crippen molar-refractivity contribution in [2.75, 3.05) is 0 Å². The summed E-state index contributed by atoms with van der Waals surface area (Å²) in [6.07, 6.45) is 10.8. The molecule has 0 saturated carbocycles. The van der Waals surface area contributed by atoms with Crippen LogP contribution in [-0.4, -0.2) is 11.1 Å². The SMILES string of the molecule is C1=CC2NC(c3ccc4cc(-c5ccc6oc7cc8c(cc7c6c5)oc5ccccc58)ccc4c3)=CN2C=C1. The lowest BCUT2D eigenvalue weighted by atomic mass is 9.98. The van der Waals surface area contributed by atoms with Crippen LogP contribution >= 0.6 is 0 Å². The molecule has 0 spiro atoms. The minimum absolute atomic E-state index is 0.194. The van der Waals surface area contributed by atoms with Crippen LogP contribution in [0.2, 0.25) is 0 Å². The number of allylic oxidation sites excluding steroid dienone is 2. The lowest BCUT2D eigenvalue weighted by Gasteiger charge is -2.20. The van der Waals surface area contributed by atoms with E-state index >= 15 is 0 Å². The van der Waals surface area contributed by atoms with E-state index in [-0.39, 0.29) is 6.17 Å². The Morgan fingerprint density at radius 2 is 1.23 bits per heavy atom. The molecule has 1 N–H and O–H groups in total. The van der Waals surface area contributed by atoms with E-state index in [1.54, 1.807) is 0 Å². The largest absolute Gasteiger partial charge is 0.456 e. The molecule has 2 aliphatic heterocycles. The average Bonchev–Trinajstić information content (AvgIpc) is 3.68. The van der Waals surface area contributed by atoms with E-state index in [1.807, 2.05) is 18.2 Å². The smallest absolute Gasteiger partial charge is 0.136 e. The molecule has 4 nitrogen and oxygen atoms in total. The molecule has 0 fully saturated rings. The standard InChI is InChI=1S/C35H22N2O2/c1-2-6-31-26(5-1)28-18-34-29(19-33(28)38-31)27-17-24(12-13-32(27)39-34)22-8-9-23-16-25(11-10-21(23)15-22)30-20-37-14-4-3-7-35(37)36-30/h1-20,35-36H. The van der Waals surface area contributed by atoms with Gasteiger partial charge >= 0.3 is 0 Å². The van der Waals surface area contributed by atoms with Gasteiger partial charge in [-0.3, -0.25) is 0 Å². The Hall–Kier alpha value is -5.22. The molecule has 4 heteroatoms. The molecule has 1 unspecified atom stereocenters. The summed E-state index contributed by atoms with van der Waals surface area (Å²) in [6, 6.07) is 32.2. The van der Waals surface area contributed by atoms with E-state index in [0.29, 0.717) is 0 Å². The highest BCUT2D eigenvalue weighted by molar-refractivity contribution is 6.15. The average molecular weight is 503 g/mol. The van der Waals surface area contributed by atoms with Crippen LogP contribution in [0.25, 0.3) is 71.5 Å². The molecular weight excluding hydrogens is 480 g/mol. The summed E-state index contributed by atoms with van der Waals surface area (Å²) >= 11 is 0. The number of hydrogen-bond acceptors (Lipinski definition) is 4. The zero-order chi connectivity index (χ0) is 25.5. The predicted octanol–water partition coefficient (Wildman–Crippen LogP) is 8.92. The third kappa shape index (κ3) is 3.12. The molecule has 0 radical (unpaired) electrons. The minimum Gasteiger partial charge on any atom is -0.456 e. The Morgan fingerprint density at radius 1 is 0.564 bits per heavy atom. The minimum atomic E-state index is 0.194. The van der Waals surface area contributed by atoms with Crippen molar-refractivity contribution in [2.45, 2.75) is 6.17 Å². The van der Waals surface area contributed by atoms with E-state index in [0.717, 1.165) is 55.1 Å². The third-order valence-corrected chi connectivity index (χ3v) is 8.02. The summed E-state index contributed by atoms with van der Waals surface area (Å²) in [5.41, 5.74) is 8.21. The maximum atomic E-state index is 6.27. The lowest BCUT2D eigenvalue weighted by molar-refractivity contribution is 0.427. The number of para-hydroxylation sites is 1. The Bertz CT molecular complexity index is 2230. The van der Waals surface area contributed by atoms with Crippen LogP contribution in [0.15, 0.2) is 130 Å². The van der Waals surface area contributed by atoms with Gasteiger partial charge in [-0.25, -0.2) is 0 Å². The molecule has 4 heterocycles. The number of rotatable bonds is 2. The van der Waals surface area contributed by atoms with Gasteiger partial charge in [-0.15, -0.1) is 0 Å². The fourth-order valence-electron chi connectivity index (χ4n) is 6.03. The number of hydrogen-bond donors (Lipinski definition) is 1. The van der Waals surface area contributed by atoms with Gasteiger partial charge < -0.3 is 19.1 Å². The van der Waals surface area contributed by atoms with Crippen molar-refractivity contribution in [1.82, 2.24) is 10.2 Å². The highest BCUT2D eigenvalue weighted by Crippen LogP contribution is 2.38. The molecule has 5 aromatic carbocycles. The van der Waals surface area contributed by atoms with E-state index in [2.05, 4.69) is 114 Å². The van der Waals surface area contributed by atoms with E-state index in [9.17, 15) is 0 Å². The molecule has 0 amide bonds. The van der Waals surface area contributed by atoms with E-state index < -0.39 is 0 Å². The summed E-state index contributed by atoms with van der Waals surface area (Å²) in [7, 11) is 0. The molecule has 0 aliphatic carbocycles. The van der Waals surface area contributed by atoms with Crippen LogP contribution in [0.4, 0.5) is 0 Å². The van der Waals surface area contributed by atoms with Crippen LogP contribution in [0.3, 0.4) is 0 Å². The van der Waals surface area contributed by atoms with Crippen molar-refractivity contribution in [3.63, 3.8) is 0 Å². The van der Waals surface area contributed by atoms with Gasteiger partial charge in [0.2, 0.25) is 0 Å². The highest BCUT2D eigenvalue weighted by Gasteiger charge is 2.22. The molecule has 2 aliphatic rings. The molecule has 184 valence electrons. The molecular formula is C35H22N2O2. The van der Waals surface area contributed by atoms with Crippen molar-refractivity contribution in [3.05, 3.63) is 127 Å². The van der Waals surface area contributed by atoms with E-state index in [1.165, 1.54) is 21.9 Å². The molecule has 0 bridgehead atoms. The van der Waals surface area contributed by atoms with Gasteiger partial charge in [0.15, 0.2) is 0 Å². The maximum absolute atomic E-state index is 6.27. The zero-order valence-electron chi connectivity index (χ0n) is 20.9. The monoisotopic (exact) mass is 502 g/mol. The van der Waals surface area contributed by atoms with Gasteiger partial charge in [-0.1, -0.05) is 54.6 Å². The number of benzene rings is 5. The van der Waals surface area contributed by atoms with Gasteiger partial charge in [0.1, 0.15) is 28.5 Å². The lowest BCUT2D eigenvalue weighted by Crippen LogP contribution is -2.31. The molecule has 2 aromatic heterocycles. The van der Waals surface area contributed by atoms with Gasteiger partial charge in [0.25, 0.3) is 0 Å². The van der Waals surface area contributed by atoms with E-state index in [4.69, 9.17) is 8.83 Å². The Kier molecular flexibility index (Phi) is 4.08. The first kappa shape index (κ1) is 20.8. The van der Waals surface area contributed by atoms with Crippen LogP contribution in [0, 0.1) is 0 Å². The summed E-state index contributed by atoms with van der Waals surface area (Å²) in [4.78, 5) is 2.19. The second kappa shape index (κ2) is 7.65. The van der Waals surface area contributed by atoms with Crippen LogP contribution in [-0.2, 0) is 0 Å². The number of furan rings is 2. The predicted molar refractivity (Wildman–Crippen MR) is 159 cm³/mol. The number of nitrogens with zero attached hydrogens (tertiary/aromatic N) is 1. The molecule has 1 atom stereocenters. The topological polar surface area (TPSA) is 41.6 Å². The molecule has 0 saturated heterocycles. The Labute approximate surface area is 223 Å². The number of nitrogens with one attached hydrogen (secondary N) is 1. The fraction of sp³-hybridized carbons (Fsp3) is 0.0286. The summed E-state index contributed by atoms with van der Waals surface area (Å²) < 4.78 is 12.4. The van der Waals surface area contributed by atoms with Crippen molar-refractivity contribution >= 4 is 60.3 Å². The quantitative estimate of drug-likeness (QED) is 0.256. The van der Waals surface area contributed by atoms with Gasteiger partial charge in [0.05, 0.1) is 5.70 Å². The van der Waals surface area contributed by atoms with Crippen LogP contribution in [0.1, 0.15) is 5.56 Å². The first-order valence-corrected chi connectivity index (χ1v) is 13.2. The Morgan fingerprint density at radius 3 is 2.08 bits per heavy atom. The second-order valence-electron chi connectivity index (χ2n) is 10.3. The second-order valence-corrected chi connectivity index (χ2v) is 10.3. The van der Waals surface area contributed by atoms with Crippen molar-refractivity contribution < 1.29 is 8.83 Å². The third-order valence-electron chi connectivity index (χ3n) is 8.02. The maximum Gasteiger partial charge on any atom is 0.136 e. The number of fused-ring (bicyclic) bond motifs is 8. The van der Waals surface area contributed by atoms with Crippen molar-refractivity contribution in [2.24, 2.45) is 0 Å². The normalized spacial score (nSPS) is 16.6. The molecule has 7 aromatic rings. The van der Waals surface area contributed by atoms with Gasteiger partial charge in [-0.2, -0.15) is 0 Å². The molecule has 39 heavy (non-hydrogen) atoms. The highest BCUT2D eigenvalue weighted by atomic mass is 16.3. The van der Waals surface area contributed by atoms with Crippen molar-refractivity contribution in [3.8, 4) is 11.1 Å². The zero-order valence-corrected chi connectivity index (χ0v) is 20.9. The fourth-order valence-corrected chi connectivity index (χ4v) is 6.03. The van der Waals surface area contributed by atoms with Crippen molar-refractivity contribution in [1.29, 1.82) is 0 Å². The summed E-state index contributed by atoms with van der Waals surface area (Å²) in [5, 5.41) is 10.4.